The molecular formula is C17H18Br2O. The Balaban J connectivity index is 2.24. The monoisotopic (exact) mass is 396 g/mol. The maximum atomic E-state index is 10.5. The standard InChI is InChI=1S/C17H18Br2O/c1-11(2)9-12-3-5-13(6-4-12)17(20)15-10-14(18)7-8-16(15)19/h3-8,10-11,17,20H,9H2,1-2H3. The number of rotatable bonds is 4. The zero-order chi connectivity index (χ0) is 14.7. The van der Waals surface area contributed by atoms with Crippen LogP contribution >= 0.6 is 31.9 Å². The van der Waals surface area contributed by atoms with E-state index in [0.717, 1.165) is 26.5 Å². The molecule has 0 saturated carbocycles. The summed E-state index contributed by atoms with van der Waals surface area (Å²) in [4.78, 5) is 0. The van der Waals surface area contributed by atoms with Gasteiger partial charge >= 0.3 is 0 Å². The van der Waals surface area contributed by atoms with Gasteiger partial charge in [0.05, 0.1) is 0 Å². The van der Waals surface area contributed by atoms with E-state index in [0.29, 0.717) is 5.92 Å². The normalized spacial score (nSPS) is 12.7. The van der Waals surface area contributed by atoms with Crippen LogP contribution in [0.1, 0.15) is 36.6 Å². The van der Waals surface area contributed by atoms with Crippen molar-refractivity contribution >= 4 is 31.9 Å². The Bertz CT molecular complexity index is 576. The summed E-state index contributed by atoms with van der Waals surface area (Å²) >= 11 is 6.94. The molecule has 1 nitrogen and oxygen atoms in total. The number of aliphatic hydroxyl groups excluding tert-OH is 1. The van der Waals surface area contributed by atoms with Crippen LogP contribution in [0.3, 0.4) is 0 Å². The number of aliphatic hydroxyl groups is 1. The summed E-state index contributed by atoms with van der Waals surface area (Å²) in [6.07, 6.45) is 0.451. The maximum Gasteiger partial charge on any atom is 0.105 e. The van der Waals surface area contributed by atoms with Crippen molar-refractivity contribution in [1.82, 2.24) is 0 Å². The average molecular weight is 398 g/mol. The zero-order valence-corrected chi connectivity index (χ0v) is 14.8. The SMILES string of the molecule is CC(C)Cc1ccc(C(O)c2cc(Br)ccc2Br)cc1. The van der Waals surface area contributed by atoms with Crippen LogP contribution in [-0.2, 0) is 6.42 Å². The Morgan fingerprint density at radius 2 is 1.65 bits per heavy atom. The number of hydrogen-bond donors (Lipinski definition) is 1. The molecule has 2 aromatic carbocycles. The second-order valence-corrected chi connectivity index (χ2v) is 7.18. The van der Waals surface area contributed by atoms with E-state index in [1.165, 1.54) is 5.56 Å². The lowest BCUT2D eigenvalue weighted by molar-refractivity contribution is 0.219. The molecule has 0 amide bonds. The van der Waals surface area contributed by atoms with Crippen LogP contribution in [-0.4, -0.2) is 5.11 Å². The van der Waals surface area contributed by atoms with Gasteiger partial charge in [-0.2, -0.15) is 0 Å². The first-order chi connectivity index (χ1) is 9.47. The Hall–Kier alpha value is -0.640. The molecule has 0 aliphatic carbocycles. The first kappa shape index (κ1) is 15.7. The largest absolute Gasteiger partial charge is 0.384 e. The lowest BCUT2D eigenvalue weighted by Crippen LogP contribution is -2.01. The van der Waals surface area contributed by atoms with Gasteiger partial charge < -0.3 is 5.11 Å². The van der Waals surface area contributed by atoms with Gasteiger partial charge in [-0.15, -0.1) is 0 Å². The molecule has 2 rings (SSSR count). The molecule has 3 heteroatoms. The lowest BCUT2D eigenvalue weighted by atomic mass is 9.97. The van der Waals surface area contributed by atoms with Gasteiger partial charge in [0.15, 0.2) is 0 Å². The van der Waals surface area contributed by atoms with Crippen molar-refractivity contribution in [3.63, 3.8) is 0 Å². The van der Waals surface area contributed by atoms with Crippen molar-refractivity contribution in [2.75, 3.05) is 0 Å². The van der Waals surface area contributed by atoms with E-state index in [4.69, 9.17) is 0 Å². The van der Waals surface area contributed by atoms with Crippen LogP contribution in [0, 0.1) is 5.92 Å². The lowest BCUT2D eigenvalue weighted by Gasteiger charge is -2.15. The predicted molar refractivity (Wildman–Crippen MR) is 90.9 cm³/mol. The molecule has 106 valence electrons. The molecule has 0 heterocycles. The van der Waals surface area contributed by atoms with Gasteiger partial charge in [0.2, 0.25) is 0 Å². The highest BCUT2D eigenvalue weighted by atomic mass is 79.9. The minimum absolute atomic E-state index is 0.616. The third-order valence-electron chi connectivity index (χ3n) is 3.19. The first-order valence-corrected chi connectivity index (χ1v) is 8.28. The first-order valence-electron chi connectivity index (χ1n) is 6.69. The van der Waals surface area contributed by atoms with E-state index >= 15 is 0 Å². The number of hydrogen-bond acceptors (Lipinski definition) is 1. The molecular weight excluding hydrogens is 380 g/mol. The summed E-state index contributed by atoms with van der Waals surface area (Å²) in [7, 11) is 0. The summed E-state index contributed by atoms with van der Waals surface area (Å²) in [5.74, 6) is 0.644. The van der Waals surface area contributed by atoms with Crippen molar-refractivity contribution in [1.29, 1.82) is 0 Å². The van der Waals surface area contributed by atoms with Gasteiger partial charge in [0.25, 0.3) is 0 Å². The van der Waals surface area contributed by atoms with Crippen LogP contribution in [0.4, 0.5) is 0 Å². The van der Waals surface area contributed by atoms with E-state index in [1.54, 1.807) is 0 Å². The Labute approximate surface area is 137 Å². The second kappa shape index (κ2) is 6.88. The topological polar surface area (TPSA) is 20.2 Å². The molecule has 0 radical (unpaired) electrons. The van der Waals surface area contributed by atoms with Gasteiger partial charge in [-0.1, -0.05) is 70.0 Å². The quantitative estimate of drug-likeness (QED) is 0.722. The number of halogens is 2. The fourth-order valence-corrected chi connectivity index (χ4v) is 3.05. The minimum atomic E-state index is -0.616. The van der Waals surface area contributed by atoms with Crippen molar-refractivity contribution < 1.29 is 5.11 Å². The third kappa shape index (κ3) is 3.94. The highest BCUT2D eigenvalue weighted by molar-refractivity contribution is 9.11. The highest BCUT2D eigenvalue weighted by Crippen LogP contribution is 2.31. The summed E-state index contributed by atoms with van der Waals surface area (Å²) in [6.45, 7) is 4.42. The maximum absolute atomic E-state index is 10.5. The number of benzene rings is 2. The molecule has 0 aliphatic heterocycles. The second-order valence-electron chi connectivity index (χ2n) is 5.41. The fraction of sp³-hybridized carbons (Fsp3) is 0.294. The summed E-state index contributed by atoms with van der Waals surface area (Å²) in [6, 6.07) is 14.1. The van der Waals surface area contributed by atoms with Crippen LogP contribution in [0.2, 0.25) is 0 Å². The van der Waals surface area contributed by atoms with Gasteiger partial charge in [-0.3, -0.25) is 0 Å². The van der Waals surface area contributed by atoms with E-state index in [-0.39, 0.29) is 0 Å². The molecule has 0 bridgehead atoms. The van der Waals surface area contributed by atoms with Crippen molar-refractivity contribution in [3.05, 3.63) is 68.1 Å². The molecule has 1 N–H and O–H groups in total. The van der Waals surface area contributed by atoms with Gasteiger partial charge in [-0.05, 0) is 41.7 Å². The van der Waals surface area contributed by atoms with E-state index in [9.17, 15) is 5.11 Å². The molecule has 1 atom stereocenters. The summed E-state index contributed by atoms with van der Waals surface area (Å²) in [5, 5.41) is 10.5. The smallest absolute Gasteiger partial charge is 0.105 e. The average Bonchev–Trinajstić information content (AvgIpc) is 2.41. The summed E-state index contributed by atoms with van der Waals surface area (Å²) in [5.41, 5.74) is 3.09. The summed E-state index contributed by atoms with van der Waals surface area (Å²) < 4.78 is 1.88. The predicted octanol–water partition coefficient (Wildman–Crippen LogP) is 5.49. The highest BCUT2D eigenvalue weighted by Gasteiger charge is 2.14. The zero-order valence-electron chi connectivity index (χ0n) is 11.6. The minimum Gasteiger partial charge on any atom is -0.384 e. The van der Waals surface area contributed by atoms with Gasteiger partial charge in [0, 0.05) is 14.5 Å². The van der Waals surface area contributed by atoms with Crippen LogP contribution in [0.5, 0.6) is 0 Å². The van der Waals surface area contributed by atoms with Crippen molar-refractivity contribution in [2.45, 2.75) is 26.4 Å². The Kier molecular flexibility index (Phi) is 5.42. The van der Waals surface area contributed by atoms with E-state index in [2.05, 4.69) is 57.8 Å². The molecule has 20 heavy (non-hydrogen) atoms. The van der Waals surface area contributed by atoms with E-state index < -0.39 is 6.10 Å². The van der Waals surface area contributed by atoms with Crippen LogP contribution in [0.15, 0.2) is 51.4 Å². The van der Waals surface area contributed by atoms with Crippen molar-refractivity contribution in [3.8, 4) is 0 Å². The molecule has 0 saturated heterocycles. The third-order valence-corrected chi connectivity index (χ3v) is 4.41. The van der Waals surface area contributed by atoms with Gasteiger partial charge in [-0.25, -0.2) is 0 Å². The van der Waals surface area contributed by atoms with Crippen molar-refractivity contribution in [2.24, 2.45) is 5.92 Å². The molecule has 2 aromatic rings. The molecule has 0 aliphatic rings. The van der Waals surface area contributed by atoms with Crippen LogP contribution in [0.25, 0.3) is 0 Å². The fourth-order valence-electron chi connectivity index (χ4n) is 2.21. The molecule has 0 aromatic heterocycles. The molecule has 1 unspecified atom stereocenters. The molecule has 0 spiro atoms. The van der Waals surface area contributed by atoms with Crippen LogP contribution < -0.4 is 0 Å². The Morgan fingerprint density at radius 1 is 1.00 bits per heavy atom. The van der Waals surface area contributed by atoms with E-state index in [1.807, 2.05) is 30.3 Å². The Morgan fingerprint density at radius 3 is 2.25 bits per heavy atom. The van der Waals surface area contributed by atoms with Gasteiger partial charge in [0.1, 0.15) is 6.10 Å². The molecule has 0 fully saturated rings.